The first-order valence-corrected chi connectivity index (χ1v) is 10.1. The summed E-state index contributed by atoms with van der Waals surface area (Å²) in [5, 5.41) is 9.65. The van der Waals surface area contributed by atoms with Crippen LogP contribution >= 0.6 is 0 Å². The van der Waals surface area contributed by atoms with Crippen LogP contribution in [0, 0.1) is 11.8 Å². The van der Waals surface area contributed by atoms with Gasteiger partial charge >= 0.3 is 5.97 Å². The molecule has 0 radical (unpaired) electrons. The van der Waals surface area contributed by atoms with E-state index in [0.29, 0.717) is 6.42 Å². The molecule has 5 heteroatoms. The van der Waals surface area contributed by atoms with Crippen molar-refractivity contribution in [2.75, 3.05) is 6.61 Å². The topological polar surface area (TPSA) is 55.8 Å². The molecule has 0 amide bonds. The number of rotatable bonds is 6. The SMILES string of the molecule is CC[Si](CC)(CC)O[C@@H]1C[C@H]2OC(=O)C[C@H]2[C@H]1CO. The molecular weight excluding hydrogens is 260 g/mol. The fourth-order valence-corrected chi connectivity index (χ4v) is 6.58. The Morgan fingerprint density at radius 1 is 1.32 bits per heavy atom. The van der Waals surface area contributed by atoms with Gasteiger partial charge in [0.05, 0.1) is 12.5 Å². The van der Waals surface area contributed by atoms with Crippen molar-refractivity contribution in [1.29, 1.82) is 0 Å². The number of ether oxygens (including phenoxy) is 1. The van der Waals surface area contributed by atoms with E-state index in [1.807, 2.05) is 0 Å². The molecule has 19 heavy (non-hydrogen) atoms. The van der Waals surface area contributed by atoms with E-state index in [0.717, 1.165) is 24.6 Å². The lowest BCUT2D eigenvalue weighted by atomic mass is 9.93. The van der Waals surface area contributed by atoms with Crippen molar-refractivity contribution in [3.8, 4) is 0 Å². The predicted molar refractivity (Wildman–Crippen MR) is 75.2 cm³/mol. The molecule has 2 fully saturated rings. The van der Waals surface area contributed by atoms with Gasteiger partial charge < -0.3 is 14.3 Å². The van der Waals surface area contributed by atoms with E-state index in [1.54, 1.807) is 0 Å². The molecule has 1 heterocycles. The van der Waals surface area contributed by atoms with Gasteiger partial charge in [0.1, 0.15) is 6.10 Å². The summed E-state index contributed by atoms with van der Waals surface area (Å²) in [7, 11) is -1.66. The molecular formula is C14H26O4Si. The molecule has 0 bridgehead atoms. The third kappa shape index (κ3) is 2.73. The number of hydrogen-bond acceptors (Lipinski definition) is 4. The minimum atomic E-state index is -1.66. The monoisotopic (exact) mass is 286 g/mol. The number of carbonyl (C=O) groups is 1. The Balaban J connectivity index is 2.07. The van der Waals surface area contributed by atoms with Gasteiger partial charge in [-0.05, 0) is 18.1 Å². The summed E-state index contributed by atoms with van der Waals surface area (Å²) >= 11 is 0. The standard InChI is InChI=1S/C14H26O4Si/c1-4-19(5-2,6-3)18-13-8-12-10(11(13)9-15)7-14(16)17-12/h10-13,15H,4-9H2,1-3H3/t10-,11+,12+,13+/m0/s1. The van der Waals surface area contributed by atoms with Crippen molar-refractivity contribution in [3.05, 3.63) is 0 Å². The highest BCUT2D eigenvalue weighted by atomic mass is 28.4. The zero-order chi connectivity index (χ0) is 14.0. The summed E-state index contributed by atoms with van der Waals surface area (Å²) in [6, 6.07) is 3.34. The van der Waals surface area contributed by atoms with Crippen molar-refractivity contribution in [2.45, 2.75) is 64.0 Å². The summed E-state index contributed by atoms with van der Waals surface area (Å²) in [6.45, 7) is 6.74. The molecule has 1 saturated carbocycles. The lowest BCUT2D eigenvalue weighted by molar-refractivity contribution is -0.141. The number of aliphatic hydroxyl groups is 1. The van der Waals surface area contributed by atoms with Crippen molar-refractivity contribution in [3.63, 3.8) is 0 Å². The Bertz CT molecular complexity index is 321. The van der Waals surface area contributed by atoms with Crippen LogP contribution in [-0.2, 0) is 14.0 Å². The van der Waals surface area contributed by atoms with E-state index in [9.17, 15) is 9.90 Å². The molecule has 0 aromatic heterocycles. The van der Waals surface area contributed by atoms with Crippen LogP contribution in [0.4, 0.5) is 0 Å². The van der Waals surface area contributed by atoms with E-state index < -0.39 is 8.32 Å². The average molecular weight is 286 g/mol. The summed E-state index contributed by atoms with van der Waals surface area (Å²) in [5.41, 5.74) is 0. The van der Waals surface area contributed by atoms with Gasteiger partial charge in [0.25, 0.3) is 0 Å². The van der Waals surface area contributed by atoms with Gasteiger partial charge in [-0.1, -0.05) is 20.8 Å². The molecule has 2 aliphatic rings. The van der Waals surface area contributed by atoms with Crippen molar-refractivity contribution < 1.29 is 19.1 Å². The quantitative estimate of drug-likeness (QED) is 0.601. The van der Waals surface area contributed by atoms with Crippen molar-refractivity contribution in [1.82, 2.24) is 0 Å². The number of esters is 1. The minimum Gasteiger partial charge on any atom is -0.462 e. The van der Waals surface area contributed by atoms with Crippen LogP contribution in [0.1, 0.15) is 33.6 Å². The Labute approximate surface area is 116 Å². The summed E-state index contributed by atoms with van der Waals surface area (Å²) < 4.78 is 11.9. The van der Waals surface area contributed by atoms with E-state index in [-0.39, 0.29) is 36.6 Å². The zero-order valence-electron chi connectivity index (χ0n) is 12.2. The number of aliphatic hydroxyl groups excluding tert-OH is 1. The van der Waals surface area contributed by atoms with E-state index in [4.69, 9.17) is 9.16 Å². The van der Waals surface area contributed by atoms with Gasteiger partial charge in [0, 0.05) is 24.9 Å². The Hall–Kier alpha value is -0.393. The first-order chi connectivity index (χ1) is 9.09. The maximum absolute atomic E-state index is 11.3. The van der Waals surface area contributed by atoms with Gasteiger partial charge in [0.2, 0.25) is 0 Å². The number of fused-ring (bicyclic) bond motifs is 1. The van der Waals surface area contributed by atoms with Crippen LogP contribution in [0.25, 0.3) is 0 Å². The number of hydrogen-bond donors (Lipinski definition) is 1. The Morgan fingerprint density at radius 2 is 1.95 bits per heavy atom. The van der Waals surface area contributed by atoms with Gasteiger partial charge in [-0.15, -0.1) is 0 Å². The summed E-state index contributed by atoms with van der Waals surface area (Å²) in [6.07, 6.45) is 1.29. The Morgan fingerprint density at radius 3 is 2.47 bits per heavy atom. The molecule has 2 rings (SSSR count). The predicted octanol–water partition coefficient (Wildman–Crippen LogP) is 2.32. The normalized spacial score (nSPS) is 34.4. The van der Waals surface area contributed by atoms with Gasteiger partial charge in [-0.3, -0.25) is 4.79 Å². The van der Waals surface area contributed by atoms with E-state index >= 15 is 0 Å². The third-order valence-electron chi connectivity index (χ3n) is 5.20. The van der Waals surface area contributed by atoms with Crippen molar-refractivity contribution >= 4 is 14.3 Å². The summed E-state index contributed by atoms with van der Waals surface area (Å²) in [5.74, 6) is 0.129. The van der Waals surface area contributed by atoms with Crippen LogP contribution in [0.3, 0.4) is 0 Å². The van der Waals surface area contributed by atoms with E-state index in [1.165, 1.54) is 0 Å². The van der Waals surface area contributed by atoms with Crippen LogP contribution < -0.4 is 0 Å². The third-order valence-corrected chi connectivity index (χ3v) is 9.87. The van der Waals surface area contributed by atoms with Gasteiger partial charge in [0.15, 0.2) is 8.32 Å². The van der Waals surface area contributed by atoms with Crippen LogP contribution in [0.15, 0.2) is 0 Å². The molecule has 0 spiro atoms. The maximum Gasteiger partial charge on any atom is 0.306 e. The lowest BCUT2D eigenvalue weighted by Crippen LogP contribution is -2.42. The first-order valence-electron chi connectivity index (χ1n) is 7.57. The second-order valence-electron chi connectivity index (χ2n) is 5.88. The first kappa shape index (κ1) is 15.0. The highest BCUT2D eigenvalue weighted by Crippen LogP contribution is 2.44. The average Bonchev–Trinajstić information content (AvgIpc) is 2.91. The molecule has 1 aliphatic heterocycles. The largest absolute Gasteiger partial charge is 0.462 e. The Kier molecular flexibility index (Phi) is 4.69. The van der Waals surface area contributed by atoms with Crippen LogP contribution in [0.2, 0.25) is 18.1 Å². The second-order valence-corrected chi connectivity index (χ2v) is 10.6. The molecule has 110 valence electrons. The molecule has 4 nitrogen and oxygen atoms in total. The highest BCUT2D eigenvalue weighted by Gasteiger charge is 2.51. The van der Waals surface area contributed by atoms with E-state index in [2.05, 4.69) is 20.8 Å². The minimum absolute atomic E-state index is 0.0214. The van der Waals surface area contributed by atoms with Crippen LogP contribution in [-0.4, -0.2) is 38.2 Å². The fraction of sp³-hybridized carbons (Fsp3) is 0.929. The lowest BCUT2D eigenvalue weighted by Gasteiger charge is -2.34. The smallest absolute Gasteiger partial charge is 0.306 e. The second kappa shape index (κ2) is 5.93. The zero-order valence-corrected chi connectivity index (χ0v) is 13.2. The molecule has 0 aromatic carbocycles. The molecule has 0 unspecified atom stereocenters. The molecule has 0 aromatic rings. The number of carbonyl (C=O) groups excluding carboxylic acids is 1. The molecule has 4 atom stereocenters. The molecule has 1 aliphatic carbocycles. The maximum atomic E-state index is 11.3. The van der Waals surface area contributed by atoms with Gasteiger partial charge in [-0.25, -0.2) is 0 Å². The highest BCUT2D eigenvalue weighted by molar-refractivity contribution is 6.73. The molecule has 1 N–H and O–H groups in total. The van der Waals surface area contributed by atoms with Crippen LogP contribution in [0.5, 0.6) is 0 Å². The van der Waals surface area contributed by atoms with Crippen molar-refractivity contribution in [2.24, 2.45) is 11.8 Å². The van der Waals surface area contributed by atoms with Gasteiger partial charge in [-0.2, -0.15) is 0 Å². The summed E-state index contributed by atoms with van der Waals surface area (Å²) in [4.78, 5) is 11.3. The fourth-order valence-electron chi connectivity index (χ4n) is 3.67. The molecule has 1 saturated heterocycles.